The number of furan rings is 1. The minimum Gasteiger partial charge on any atom is -0.447 e. The number of para-hydroxylation sites is 1. The van der Waals surface area contributed by atoms with Gasteiger partial charge >= 0.3 is 5.97 Å². The van der Waals surface area contributed by atoms with Crippen molar-refractivity contribution in [1.82, 2.24) is 9.88 Å². The van der Waals surface area contributed by atoms with Gasteiger partial charge in [0.25, 0.3) is 0 Å². The van der Waals surface area contributed by atoms with E-state index in [9.17, 15) is 9.59 Å². The zero-order valence-corrected chi connectivity index (χ0v) is 18.2. The molecule has 1 N–H and O–H groups in total. The van der Waals surface area contributed by atoms with E-state index < -0.39 is 5.97 Å². The molecule has 3 aromatic rings. The Morgan fingerprint density at radius 3 is 2.55 bits per heavy atom. The fourth-order valence-corrected chi connectivity index (χ4v) is 4.07. The number of nitrogens with one attached hydrogen (secondary N) is 1. The van der Waals surface area contributed by atoms with E-state index in [4.69, 9.17) is 20.8 Å². The maximum Gasteiger partial charge on any atom is 0.383 e. The van der Waals surface area contributed by atoms with Crippen LogP contribution in [-0.2, 0) is 4.79 Å². The highest BCUT2D eigenvalue weighted by Gasteiger charge is 2.30. The van der Waals surface area contributed by atoms with E-state index in [-0.39, 0.29) is 23.5 Å². The minimum absolute atomic E-state index is 0.0618. The fraction of sp³-hybridized carbons (Fsp3) is 0.348. The second-order valence-electron chi connectivity index (χ2n) is 7.96. The van der Waals surface area contributed by atoms with Crippen molar-refractivity contribution in [3.63, 3.8) is 0 Å². The van der Waals surface area contributed by atoms with Crippen LogP contribution in [0.15, 0.2) is 47.0 Å². The predicted octanol–water partition coefficient (Wildman–Crippen LogP) is 4.76. The zero-order valence-electron chi connectivity index (χ0n) is 17.4. The lowest BCUT2D eigenvalue weighted by Gasteiger charge is -2.31. The molecule has 1 aromatic carbocycles. The molecule has 2 heterocycles. The van der Waals surface area contributed by atoms with Crippen LogP contribution in [0, 0.1) is 5.92 Å². The molecular weight excluding hydrogens is 418 g/mol. The molecule has 1 saturated carbocycles. The summed E-state index contributed by atoms with van der Waals surface area (Å²) in [6, 6.07) is 10.7. The van der Waals surface area contributed by atoms with Crippen LogP contribution in [0.2, 0.25) is 5.02 Å². The topological polar surface area (TPSA) is 84.7 Å². The van der Waals surface area contributed by atoms with Gasteiger partial charge in [0.05, 0.1) is 5.02 Å². The lowest BCUT2D eigenvalue weighted by Crippen LogP contribution is -2.35. The van der Waals surface area contributed by atoms with Gasteiger partial charge < -0.3 is 19.4 Å². The van der Waals surface area contributed by atoms with Crippen molar-refractivity contribution in [2.45, 2.75) is 31.7 Å². The Kier molecular flexibility index (Phi) is 6.25. The van der Waals surface area contributed by atoms with E-state index in [1.807, 2.05) is 6.07 Å². The summed E-state index contributed by atoms with van der Waals surface area (Å²) >= 11 is 5.83. The van der Waals surface area contributed by atoms with E-state index in [1.54, 1.807) is 24.3 Å². The normalized spacial score (nSPS) is 18.8. The first-order chi connectivity index (χ1) is 14.9. The number of hydrogen-bond acceptors (Lipinski definition) is 6. The number of anilines is 1. The first-order valence-electron chi connectivity index (χ1n) is 10.2. The number of carbonyl (C=O) groups excluding carboxylic acids is 2. The van der Waals surface area contributed by atoms with Crippen molar-refractivity contribution in [2.75, 3.05) is 19.4 Å². The van der Waals surface area contributed by atoms with Crippen molar-refractivity contribution in [3.05, 3.63) is 53.4 Å². The number of amides is 1. The number of rotatable bonds is 5. The maximum absolute atomic E-state index is 13.0. The minimum atomic E-state index is -0.738. The standard InChI is InChI=1S/C23H24ClN3O4/c1-27(2)16-10-7-14(8-11-16)22(28)26-20-17-5-3-4-6-18(17)30-21(20)23(29)31-19-12-9-15(24)13-25-19/h3-6,9,12-14,16H,7-8,10-11H2,1-2H3,(H,26,28)/t14-,16-. The maximum atomic E-state index is 13.0. The number of hydrogen-bond donors (Lipinski definition) is 1. The lowest BCUT2D eigenvalue weighted by molar-refractivity contribution is -0.121. The molecule has 0 spiro atoms. The van der Waals surface area contributed by atoms with Crippen molar-refractivity contribution in [2.24, 2.45) is 5.92 Å². The van der Waals surface area contributed by atoms with Gasteiger partial charge in [-0.15, -0.1) is 0 Å². The second kappa shape index (κ2) is 9.08. The van der Waals surface area contributed by atoms with E-state index in [0.29, 0.717) is 27.7 Å². The Morgan fingerprint density at radius 1 is 1.13 bits per heavy atom. The molecule has 2 aromatic heterocycles. The molecule has 1 aliphatic carbocycles. The molecule has 0 saturated heterocycles. The van der Waals surface area contributed by atoms with Crippen LogP contribution >= 0.6 is 11.6 Å². The summed E-state index contributed by atoms with van der Waals surface area (Å²) in [6.07, 6.45) is 4.93. The first kappa shape index (κ1) is 21.3. The molecule has 0 unspecified atom stereocenters. The number of esters is 1. The van der Waals surface area contributed by atoms with Crippen LogP contribution in [-0.4, -0.2) is 41.9 Å². The van der Waals surface area contributed by atoms with Gasteiger partial charge in [-0.1, -0.05) is 23.7 Å². The Morgan fingerprint density at radius 2 is 1.87 bits per heavy atom. The van der Waals surface area contributed by atoms with Crippen molar-refractivity contribution in [1.29, 1.82) is 0 Å². The average Bonchev–Trinajstić information content (AvgIpc) is 3.14. The number of fused-ring (bicyclic) bond motifs is 1. The first-order valence-corrected chi connectivity index (χ1v) is 10.6. The van der Waals surface area contributed by atoms with Gasteiger partial charge in [-0.2, -0.15) is 0 Å². The summed E-state index contributed by atoms with van der Waals surface area (Å²) in [4.78, 5) is 32.0. The van der Waals surface area contributed by atoms with Crippen molar-refractivity contribution in [3.8, 4) is 5.88 Å². The largest absolute Gasteiger partial charge is 0.447 e. The number of benzene rings is 1. The molecule has 0 radical (unpaired) electrons. The number of aromatic nitrogens is 1. The summed E-state index contributed by atoms with van der Waals surface area (Å²) in [7, 11) is 4.13. The molecule has 8 heteroatoms. The summed E-state index contributed by atoms with van der Waals surface area (Å²) in [5, 5.41) is 4.01. The summed E-state index contributed by atoms with van der Waals surface area (Å²) < 4.78 is 11.1. The van der Waals surface area contributed by atoms with Crippen LogP contribution in [0.25, 0.3) is 11.0 Å². The SMILES string of the molecule is CN(C)[C@H]1CC[C@H](C(=O)Nc2c(C(=O)Oc3ccc(Cl)cn3)oc3ccccc23)CC1. The van der Waals surface area contributed by atoms with Gasteiger partial charge in [0.2, 0.25) is 17.5 Å². The highest BCUT2D eigenvalue weighted by molar-refractivity contribution is 6.30. The Hall–Kier alpha value is -2.90. The van der Waals surface area contributed by atoms with Crippen LogP contribution in [0.1, 0.15) is 36.2 Å². The average molecular weight is 442 g/mol. The lowest BCUT2D eigenvalue weighted by atomic mass is 9.85. The molecule has 1 fully saturated rings. The van der Waals surface area contributed by atoms with Crippen molar-refractivity contribution < 1.29 is 18.7 Å². The second-order valence-corrected chi connectivity index (χ2v) is 8.40. The summed E-state index contributed by atoms with van der Waals surface area (Å²) in [5.41, 5.74) is 0.819. The van der Waals surface area contributed by atoms with E-state index in [2.05, 4.69) is 29.3 Å². The van der Waals surface area contributed by atoms with Gasteiger partial charge in [-0.05, 0) is 58.0 Å². The molecule has 0 atom stereocenters. The van der Waals surface area contributed by atoms with Crippen molar-refractivity contribution >= 4 is 40.1 Å². The van der Waals surface area contributed by atoms with Crippen LogP contribution in [0.5, 0.6) is 5.88 Å². The Balaban J connectivity index is 1.56. The van der Waals surface area contributed by atoms with E-state index >= 15 is 0 Å². The van der Waals surface area contributed by atoms with Crippen LogP contribution < -0.4 is 10.1 Å². The number of pyridine rings is 1. The summed E-state index contributed by atoms with van der Waals surface area (Å²) in [5.74, 6) is -0.922. The summed E-state index contributed by atoms with van der Waals surface area (Å²) in [6.45, 7) is 0. The number of nitrogens with zero attached hydrogens (tertiary/aromatic N) is 2. The Bertz CT molecular complexity index is 1090. The third kappa shape index (κ3) is 4.73. The van der Waals surface area contributed by atoms with E-state index in [1.165, 1.54) is 12.3 Å². The van der Waals surface area contributed by atoms with E-state index in [0.717, 1.165) is 25.7 Å². The number of halogens is 1. The van der Waals surface area contributed by atoms with Gasteiger partial charge in [-0.3, -0.25) is 4.79 Å². The molecule has 4 rings (SSSR count). The molecule has 1 aliphatic rings. The van der Waals surface area contributed by atoms with Crippen LogP contribution in [0.3, 0.4) is 0 Å². The quantitative estimate of drug-likeness (QED) is 0.574. The number of ether oxygens (including phenoxy) is 1. The molecule has 7 nitrogen and oxygen atoms in total. The predicted molar refractivity (Wildman–Crippen MR) is 118 cm³/mol. The van der Waals surface area contributed by atoms with Gasteiger partial charge in [0, 0.05) is 29.6 Å². The molecule has 0 bridgehead atoms. The van der Waals surface area contributed by atoms with Gasteiger partial charge in [0.15, 0.2) is 0 Å². The van der Waals surface area contributed by atoms with Gasteiger partial charge in [-0.25, -0.2) is 9.78 Å². The highest BCUT2D eigenvalue weighted by Crippen LogP contribution is 2.34. The van der Waals surface area contributed by atoms with Crippen LogP contribution in [0.4, 0.5) is 5.69 Å². The van der Waals surface area contributed by atoms with Gasteiger partial charge in [0.1, 0.15) is 11.3 Å². The molecule has 0 aliphatic heterocycles. The molecule has 162 valence electrons. The molecule has 31 heavy (non-hydrogen) atoms. The monoisotopic (exact) mass is 441 g/mol. The third-order valence-electron chi connectivity index (χ3n) is 5.72. The molecule has 1 amide bonds. The molecular formula is C23H24ClN3O4. The third-order valence-corrected chi connectivity index (χ3v) is 5.95. The number of carbonyl (C=O) groups is 2. The zero-order chi connectivity index (χ0) is 22.0. The highest BCUT2D eigenvalue weighted by atomic mass is 35.5. The fourth-order valence-electron chi connectivity index (χ4n) is 3.96. The Labute approximate surface area is 185 Å². The smallest absolute Gasteiger partial charge is 0.383 e.